The van der Waals surface area contributed by atoms with Gasteiger partial charge in [0.05, 0.1) is 17.2 Å². The fourth-order valence-corrected chi connectivity index (χ4v) is 2.39. The van der Waals surface area contributed by atoms with Crippen LogP contribution in [-0.2, 0) is 4.74 Å². The lowest BCUT2D eigenvalue weighted by molar-refractivity contribution is 0.00631. The monoisotopic (exact) mass is 292 g/mol. The number of benzene rings is 1. The first kappa shape index (κ1) is 14.2. The van der Waals surface area contributed by atoms with Gasteiger partial charge >= 0.3 is 5.97 Å². The number of nitrogens with one attached hydrogen (secondary N) is 1. The maximum atomic E-state index is 12.2. The number of aromatic amines is 1. The van der Waals surface area contributed by atoms with Crippen LogP contribution in [0.1, 0.15) is 36.8 Å². The maximum Gasteiger partial charge on any atom is 0.357 e. The summed E-state index contributed by atoms with van der Waals surface area (Å²) in [6.45, 7) is 5.48. The summed E-state index contributed by atoms with van der Waals surface area (Å²) in [4.78, 5) is 19.6. The van der Waals surface area contributed by atoms with E-state index in [1.165, 1.54) is 0 Å². The van der Waals surface area contributed by atoms with Crippen LogP contribution in [0.3, 0.4) is 0 Å². The molecule has 0 aliphatic carbocycles. The van der Waals surface area contributed by atoms with E-state index in [0.717, 1.165) is 27.4 Å². The molecule has 4 heteroatoms. The largest absolute Gasteiger partial charge is 0.455 e. The molecule has 1 aromatic carbocycles. The summed E-state index contributed by atoms with van der Waals surface area (Å²) in [6.07, 6.45) is 7.16. The second kappa shape index (κ2) is 4.88. The Balaban J connectivity index is 2.16. The normalized spacial score (nSPS) is 11.5. The molecule has 110 valence electrons. The number of pyridine rings is 1. The average Bonchev–Trinajstić information content (AvgIpc) is 2.83. The van der Waals surface area contributed by atoms with Crippen LogP contribution < -0.4 is 0 Å². The highest BCUT2D eigenvalue weighted by Crippen LogP contribution is 2.27. The second-order valence-electron chi connectivity index (χ2n) is 6.11. The molecule has 0 spiro atoms. The lowest BCUT2D eigenvalue weighted by Gasteiger charge is -2.18. The number of terminal acetylenes is 1. The third kappa shape index (κ3) is 2.42. The van der Waals surface area contributed by atoms with Gasteiger partial charge in [-0.3, -0.25) is 0 Å². The molecule has 0 bridgehead atoms. The van der Waals surface area contributed by atoms with Crippen LogP contribution >= 0.6 is 0 Å². The topological polar surface area (TPSA) is 55.0 Å². The number of carbonyl (C=O) groups excluding carboxylic acids is 1. The van der Waals surface area contributed by atoms with Gasteiger partial charge in [-0.15, -0.1) is 6.42 Å². The van der Waals surface area contributed by atoms with Crippen LogP contribution in [0.4, 0.5) is 0 Å². The van der Waals surface area contributed by atoms with Gasteiger partial charge in [-0.2, -0.15) is 0 Å². The van der Waals surface area contributed by atoms with Gasteiger partial charge < -0.3 is 9.72 Å². The van der Waals surface area contributed by atoms with Crippen molar-refractivity contribution >= 4 is 27.8 Å². The van der Waals surface area contributed by atoms with Crippen LogP contribution in [0.2, 0.25) is 0 Å². The molecule has 0 radical (unpaired) electrons. The molecule has 2 aromatic heterocycles. The van der Waals surface area contributed by atoms with Crippen molar-refractivity contribution in [3.8, 4) is 12.3 Å². The van der Waals surface area contributed by atoms with Gasteiger partial charge in [-0.25, -0.2) is 9.78 Å². The summed E-state index contributed by atoms with van der Waals surface area (Å²) in [5.41, 5.74) is 2.24. The Labute approximate surface area is 128 Å². The standard InChI is InChI=1S/C18H16N2O2/c1-5-11-7-6-8-12-13-9-14(17(21)22-18(2,3)4)19-10-15(13)20-16(11)12/h1,6-10,20H,2-4H3. The Morgan fingerprint density at radius 1 is 1.32 bits per heavy atom. The number of carbonyl (C=O) groups is 1. The number of aromatic nitrogens is 2. The van der Waals surface area contributed by atoms with Crippen molar-refractivity contribution in [2.75, 3.05) is 0 Å². The fourth-order valence-electron chi connectivity index (χ4n) is 2.39. The van der Waals surface area contributed by atoms with E-state index in [1.54, 1.807) is 12.3 Å². The van der Waals surface area contributed by atoms with E-state index in [-0.39, 0.29) is 5.69 Å². The molecule has 0 aliphatic heterocycles. The Morgan fingerprint density at radius 3 is 2.77 bits per heavy atom. The van der Waals surface area contributed by atoms with Crippen molar-refractivity contribution in [3.63, 3.8) is 0 Å². The molecule has 3 aromatic rings. The SMILES string of the molecule is C#Cc1cccc2c1[nH]c1cnc(C(=O)OC(C)(C)C)cc12. The third-order valence-electron chi connectivity index (χ3n) is 3.28. The number of fused-ring (bicyclic) bond motifs is 3. The van der Waals surface area contributed by atoms with Crippen molar-refractivity contribution in [1.82, 2.24) is 9.97 Å². The first-order chi connectivity index (χ1) is 10.4. The van der Waals surface area contributed by atoms with Crippen molar-refractivity contribution in [1.29, 1.82) is 0 Å². The highest BCUT2D eigenvalue weighted by Gasteiger charge is 2.20. The number of nitrogens with zero attached hydrogens (tertiary/aromatic N) is 1. The molecule has 0 aliphatic rings. The Hall–Kier alpha value is -2.80. The van der Waals surface area contributed by atoms with Gasteiger partial charge in [0.1, 0.15) is 11.3 Å². The average molecular weight is 292 g/mol. The number of hydrogen-bond acceptors (Lipinski definition) is 3. The molecular weight excluding hydrogens is 276 g/mol. The molecule has 0 fully saturated rings. The van der Waals surface area contributed by atoms with Gasteiger partial charge in [-0.1, -0.05) is 18.1 Å². The minimum Gasteiger partial charge on any atom is -0.455 e. The highest BCUT2D eigenvalue weighted by molar-refractivity contribution is 6.10. The summed E-state index contributed by atoms with van der Waals surface area (Å²) in [5, 5.41) is 1.88. The van der Waals surface area contributed by atoms with Gasteiger partial charge in [0.2, 0.25) is 0 Å². The van der Waals surface area contributed by atoms with E-state index in [0.29, 0.717) is 0 Å². The summed E-state index contributed by atoms with van der Waals surface area (Å²) in [5.74, 6) is 2.22. The van der Waals surface area contributed by atoms with E-state index in [4.69, 9.17) is 11.2 Å². The van der Waals surface area contributed by atoms with Crippen LogP contribution in [0.5, 0.6) is 0 Å². The fraction of sp³-hybridized carbons (Fsp3) is 0.222. The van der Waals surface area contributed by atoms with Crippen molar-refractivity contribution < 1.29 is 9.53 Å². The quantitative estimate of drug-likeness (QED) is 0.550. The number of hydrogen-bond donors (Lipinski definition) is 1. The van der Waals surface area contributed by atoms with Crippen LogP contribution in [0.15, 0.2) is 30.5 Å². The van der Waals surface area contributed by atoms with E-state index >= 15 is 0 Å². The maximum absolute atomic E-state index is 12.2. The van der Waals surface area contributed by atoms with Gasteiger partial charge in [-0.05, 0) is 32.9 Å². The summed E-state index contributed by atoms with van der Waals surface area (Å²) in [7, 11) is 0. The predicted octanol–water partition coefficient (Wildman–Crippen LogP) is 3.65. The molecule has 0 saturated heterocycles. The molecule has 0 unspecified atom stereocenters. The van der Waals surface area contributed by atoms with Gasteiger partial charge in [0.15, 0.2) is 0 Å². The second-order valence-corrected chi connectivity index (χ2v) is 6.11. The Kier molecular flexibility index (Phi) is 3.14. The molecule has 3 rings (SSSR count). The molecule has 1 N–H and O–H groups in total. The number of H-pyrrole nitrogens is 1. The van der Waals surface area contributed by atoms with Crippen LogP contribution in [0.25, 0.3) is 21.8 Å². The number of para-hydroxylation sites is 1. The van der Waals surface area contributed by atoms with Crippen molar-refractivity contribution in [2.24, 2.45) is 0 Å². The summed E-state index contributed by atoms with van der Waals surface area (Å²) < 4.78 is 5.36. The van der Waals surface area contributed by atoms with Gasteiger partial charge in [0.25, 0.3) is 0 Å². The molecule has 0 amide bonds. The van der Waals surface area contributed by atoms with E-state index in [9.17, 15) is 4.79 Å². The first-order valence-electron chi connectivity index (χ1n) is 6.99. The minimum absolute atomic E-state index is 0.287. The first-order valence-corrected chi connectivity index (χ1v) is 6.99. The lowest BCUT2D eigenvalue weighted by atomic mass is 10.1. The van der Waals surface area contributed by atoms with Crippen molar-refractivity contribution in [3.05, 3.63) is 41.7 Å². The zero-order chi connectivity index (χ0) is 15.9. The van der Waals surface area contributed by atoms with Crippen LogP contribution in [0, 0.1) is 12.3 Å². The number of rotatable bonds is 1. The van der Waals surface area contributed by atoms with E-state index in [1.807, 2.05) is 39.0 Å². The Bertz CT molecular complexity index is 924. The molecular formula is C18H16N2O2. The number of esters is 1. The summed E-state index contributed by atoms with van der Waals surface area (Å²) in [6, 6.07) is 7.48. The summed E-state index contributed by atoms with van der Waals surface area (Å²) >= 11 is 0. The lowest BCUT2D eigenvalue weighted by Crippen LogP contribution is -2.24. The minimum atomic E-state index is -0.551. The predicted molar refractivity (Wildman–Crippen MR) is 86.7 cm³/mol. The Morgan fingerprint density at radius 2 is 2.09 bits per heavy atom. The molecule has 2 heterocycles. The van der Waals surface area contributed by atoms with Crippen molar-refractivity contribution in [2.45, 2.75) is 26.4 Å². The molecule has 4 nitrogen and oxygen atoms in total. The zero-order valence-electron chi connectivity index (χ0n) is 12.7. The smallest absolute Gasteiger partial charge is 0.357 e. The third-order valence-corrected chi connectivity index (χ3v) is 3.28. The van der Waals surface area contributed by atoms with E-state index in [2.05, 4.69) is 15.9 Å². The highest BCUT2D eigenvalue weighted by atomic mass is 16.6. The molecule has 0 atom stereocenters. The molecule has 0 saturated carbocycles. The van der Waals surface area contributed by atoms with E-state index < -0.39 is 11.6 Å². The molecule has 22 heavy (non-hydrogen) atoms. The number of ether oxygens (including phenoxy) is 1. The zero-order valence-corrected chi connectivity index (χ0v) is 12.7. The van der Waals surface area contributed by atoms with Crippen LogP contribution in [-0.4, -0.2) is 21.5 Å². The van der Waals surface area contributed by atoms with Gasteiger partial charge in [0, 0.05) is 16.3 Å².